The summed E-state index contributed by atoms with van der Waals surface area (Å²) in [6, 6.07) is 5.96. The number of rotatable bonds is 2. The zero-order valence-electron chi connectivity index (χ0n) is 11.2. The Morgan fingerprint density at radius 1 is 1.23 bits per heavy atom. The van der Waals surface area contributed by atoms with Crippen molar-refractivity contribution in [3.8, 4) is 17.0 Å². The van der Waals surface area contributed by atoms with Gasteiger partial charge in [0.1, 0.15) is 5.75 Å². The lowest BCUT2D eigenvalue weighted by Gasteiger charge is -2.11. The number of ether oxygens (including phenoxy) is 1. The number of nitrogens with zero attached hydrogens (tertiary/aromatic N) is 3. The second-order valence-corrected chi connectivity index (χ2v) is 5.76. The Morgan fingerprint density at radius 3 is 2.68 bits per heavy atom. The molecule has 0 atom stereocenters. The summed E-state index contributed by atoms with van der Waals surface area (Å²) in [5.41, 5.74) is 2.76. The average Bonchev–Trinajstić information content (AvgIpc) is 2.78. The minimum absolute atomic E-state index is 0.242. The quantitative estimate of drug-likeness (QED) is 0.585. The van der Waals surface area contributed by atoms with Crippen molar-refractivity contribution in [1.82, 2.24) is 14.6 Å². The number of halogens is 4. The molecule has 0 saturated heterocycles. The van der Waals surface area contributed by atoms with Crippen molar-refractivity contribution in [3.63, 3.8) is 0 Å². The molecule has 3 rings (SSSR count). The number of aryl methyl sites for hydroxylation is 1. The first-order chi connectivity index (χ1) is 10.3. The molecule has 8 heteroatoms. The third kappa shape index (κ3) is 3.01. The van der Waals surface area contributed by atoms with E-state index in [4.69, 9.17) is 0 Å². The van der Waals surface area contributed by atoms with Gasteiger partial charge in [0.15, 0.2) is 5.65 Å². The third-order valence-electron chi connectivity index (χ3n) is 3.03. The first-order valence-corrected chi connectivity index (χ1v) is 7.28. The number of benzene rings is 1. The second kappa shape index (κ2) is 5.41. The molecule has 1 aromatic carbocycles. The summed E-state index contributed by atoms with van der Waals surface area (Å²) in [5.74, 6) is -0.242. The van der Waals surface area contributed by atoms with E-state index in [-0.39, 0.29) is 5.75 Å². The fourth-order valence-corrected chi connectivity index (χ4v) is 2.60. The minimum Gasteiger partial charge on any atom is -0.406 e. The van der Waals surface area contributed by atoms with Crippen LogP contribution in [0.4, 0.5) is 13.2 Å². The van der Waals surface area contributed by atoms with Crippen LogP contribution in [0.25, 0.3) is 16.9 Å². The van der Waals surface area contributed by atoms with E-state index in [0.717, 1.165) is 9.13 Å². The van der Waals surface area contributed by atoms with Crippen molar-refractivity contribution >= 4 is 28.2 Å². The molecule has 2 aromatic heterocycles. The van der Waals surface area contributed by atoms with Crippen LogP contribution in [0, 0.1) is 10.5 Å². The Labute approximate surface area is 137 Å². The van der Waals surface area contributed by atoms with Gasteiger partial charge in [-0.05, 0) is 59.3 Å². The molecule has 0 amide bonds. The maximum Gasteiger partial charge on any atom is 0.573 e. The Kier molecular flexibility index (Phi) is 3.71. The lowest BCUT2D eigenvalue weighted by Crippen LogP contribution is -2.17. The molecular weight excluding hydrogens is 410 g/mol. The van der Waals surface area contributed by atoms with Crippen molar-refractivity contribution in [1.29, 1.82) is 0 Å². The van der Waals surface area contributed by atoms with E-state index in [1.807, 2.05) is 0 Å². The van der Waals surface area contributed by atoms with Gasteiger partial charge in [0, 0.05) is 11.8 Å². The molecule has 114 valence electrons. The Hall–Kier alpha value is -1.84. The summed E-state index contributed by atoms with van der Waals surface area (Å²) >= 11 is 2.13. The third-order valence-corrected chi connectivity index (χ3v) is 3.79. The minimum atomic E-state index is -4.70. The summed E-state index contributed by atoms with van der Waals surface area (Å²) in [6.07, 6.45) is -1.24. The lowest BCUT2D eigenvalue weighted by atomic mass is 10.1. The molecule has 0 aliphatic rings. The molecule has 0 aliphatic heterocycles. The average molecular weight is 419 g/mol. The molecule has 2 heterocycles. The van der Waals surface area contributed by atoms with Crippen molar-refractivity contribution < 1.29 is 17.9 Å². The molecule has 0 radical (unpaired) electrons. The topological polar surface area (TPSA) is 39.4 Å². The number of hydrogen-bond donors (Lipinski definition) is 0. The van der Waals surface area contributed by atoms with E-state index in [1.54, 1.807) is 36.0 Å². The highest BCUT2D eigenvalue weighted by Crippen LogP contribution is 2.29. The number of fused-ring (bicyclic) bond motifs is 1. The summed E-state index contributed by atoms with van der Waals surface area (Å²) in [4.78, 5) is 4.50. The number of hydrogen-bond acceptors (Lipinski definition) is 3. The maximum atomic E-state index is 12.2. The van der Waals surface area contributed by atoms with E-state index in [0.29, 0.717) is 16.9 Å². The predicted octanol–water partition coefficient (Wildman–Crippen LogP) is 4.21. The number of aromatic nitrogens is 3. The molecule has 0 fully saturated rings. The predicted molar refractivity (Wildman–Crippen MR) is 82.6 cm³/mol. The van der Waals surface area contributed by atoms with Crippen LogP contribution in [0.1, 0.15) is 5.56 Å². The van der Waals surface area contributed by atoms with Crippen molar-refractivity contribution in [3.05, 3.63) is 45.8 Å². The van der Waals surface area contributed by atoms with Crippen LogP contribution >= 0.6 is 22.6 Å². The normalized spacial score (nSPS) is 11.9. The highest BCUT2D eigenvalue weighted by Gasteiger charge is 2.31. The van der Waals surface area contributed by atoms with Crippen LogP contribution in [-0.4, -0.2) is 21.0 Å². The maximum absolute atomic E-state index is 12.2. The highest BCUT2D eigenvalue weighted by atomic mass is 127. The summed E-state index contributed by atoms with van der Waals surface area (Å²) in [7, 11) is 0. The number of alkyl halides is 3. The zero-order chi connectivity index (χ0) is 15.9. The first kappa shape index (κ1) is 15.1. The van der Waals surface area contributed by atoms with Crippen LogP contribution in [-0.2, 0) is 0 Å². The molecule has 0 saturated carbocycles. The van der Waals surface area contributed by atoms with Gasteiger partial charge in [-0.3, -0.25) is 0 Å². The Balaban J connectivity index is 2.01. The Morgan fingerprint density at radius 2 is 2.00 bits per heavy atom. The molecule has 0 spiro atoms. The van der Waals surface area contributed by atoms with Crippen LogP contribution < -0.4 is 4.74 Å². The van der Waals surface area contributed by atoms with Gasteiger partial charge in [-0.15, -0.1) is 13.2 Å². The van der Waals surface area contributed by atoms with Crippen LogP contribution in [0.15, 0.2) is 36.7 Å². The van der Waals surface area contributed by atoms with Crippen LogP contribution in [0.3, 0.4) is 0 Å². The van der Waals surface area contributed by atoms with Crippen LogP contribution in [0.5, 0.6) is 5.75 Å². The molecular formula is C14H9F3IN3O. The van der Waals surface area contributed by atoms with Gasteiger partial charge in [-0.25, -0.2) is 9.50 Å². The van der Waals surface area contributed by atoms with Gasteiger partial charge in [0.2, 0.25) is 0 Å². The standard InChI is InChI=1S/C14H9F3IN3O/c1-8-6-9(22-14(15,16)17)2-3-10(8)12-4-5-21-13(20-12)11(18)7-19-21/h2-7H,1H3. The van der Waals surface area contributed by atoms with Crippen molar-refractivity contribution in [2.24, 2.45) is 0 Å². The molecule has 0 bridgehead atoms. The van der Waals surface area contributed by atoms with E-state index < -0.39 is 6.36 Å². The van der Waals surface area contributed by atoms with Gasteiger partial charge in [-0.1, -0.05) is 0 Å². The van der Waals surface area contributed by atoms with Gasteiger partial charge in [0.05, 0.1) is 15.5 Å². The summed E-state index contributed by atoms with van der Waals surface area (Å²) in [5, 5.41) is 4.13. The van der Waals surface area contributed by atoms with Crippen molar-refractivity contribution in [2.45, 2.75) is 13.3 Å². The lowest BCUT2D eigenvalue weighted by molar-refractivity contribution is -0.274. The fourth-order valence-electron chi connectivity index (χ4n) is 2.11. The monoisotopic (exact) mass is 419 g/mol. The largest absolute Gasteiger partial charge is 0.573 e. The molecule has 22 heavy (non-hydrogen) atoms. The van der Waals surface area contributed by atoms with Gasteiger partial charge in [-0.2, -0.15) is 5.10 Å². The van der Waals surface area contributed by atoms with Crippen molar-refractivity contribution in [2.75, 3.05) is 0 Å². The van der Waals surface area contributed by atoms with Gasteiger partial charge in [0.25, 0.3) is 0 Å². The highest BCUT2D eigenvalue weighted by molar-refractivity contribution is 14.1. The van der Waals surface area contributed by atoms with Gasteiger partial charge >= 0.3 is 6.36 Å². The molecule has 0 aliphatic carbocycles. The SMILES string of the molecule is Cc1cc(OC(F)(F)F)ccc1-c1ccn2ncc(I)c2n1. The van der Waals surface area contributed by atoms with E-state index in [1.165, 1.54) is 12.1 Å². The smallest absolute Gasteiger partial charge is 0.406 e. The molecule has 0 N–H and O–H groups in total. The zero-order valence-corrected chi connectivity index (χ0v) is 13.4. The van der Waals surface area contributed by atoms with Crippen LogP contribution in [0.2, 0.25) is 0 Å². The van der Waals surface area contributed by atoms with Gasteiger partial charge < -0.3 is 4.74 Å². The molecule has 4 nitrogen and oxygen atoms in total. The Bertz CT molecular complexity index is 845. The van der Waals surface area contributed by atoms with E-state index in [2.05, 4.69) is 37.4 Å². The second-order valence-electron chi connectivity index (χ2n) is 4.60. The van der Waals surface area contributed by atoms with E-state index >= 15 is 0 Å². The molecule has 0 unspecified atom stereocenters. The first-order valence-electron chi connectivity index (χ1n) is 6.20. The summed E-state index contributed by atoms with van der Waals surface area (Å²) in [6.45, 7) is 1.71. The fraction of sp³-hybridized carbons (Fsp3) is 0.143. The summed E-state index contributed by atoms with van der Waals surface area (Å²) < 4.78 is 43.2. The van der Waals surface area contributed by atoms with E-state index in [9.17, 15) is 13.2 Å². The molecule has 3 aromatic rings.